The summed E-state index contributed by atoms with van der Waals surface area (Å²) in [5.74, 6) is 0. The van der Waals surface area contributed by atoms with Crippen LogP contribution in [0.2, 0.25) is 0 Å². The Labute approximate surface area is 138 Å². The lowest BCUT2D eigenvalue weighted by molar-refractivity contribution is 1.11. The van der Waals surface area contributed by atoms with E-state index in [0.29, 0.717) is 0 Å². The maximum absolute atomic E-state index is 2.00. The van der Waals surface area contributed by atoms with Crippen molar-refractivity contribution in [3.05, 3.63) is 72.8 Å². The SMILES string of the molecule is Cl.F.F.F.F.F.F.F.F.F.F.F.c1ccccc1.c1ccccc1. The molecule has 0 saturated carbocycles. The van der Waals surface area contributed by atoms with Gasteiger partial charge in [-0.2, -0.15) is 0 Å². The van der Waals surface area contributed by atoms with E-state index in [0.717, 1.165) is 0 Å². The Morgan fingerprint density at radius 1 is 0.167 bits per heavy atom. The van der Waals surface area contributed by atoms with E-state index in [2.05, 4.69) is 0 Å². The van der Waals surface area contributed by atoms with Crippen molar-refractivity contribution in [3.8, 4) is 0 Å². The summed E-state index contributed by atoms with van der Waals surface area (Å²) in [6.07, 6.45) is 0. The highest BCUT2D eigenvalue weighted by molar-refractivity contribution is 5.85. The summed E-state index contributed by atoms with van der Waals surface area (Å²) in [5, 5.41) is 0. The van der Waals surface area contributed by atoms with Crippen molar-refractivity contribution in [2.24, 2.45) is 0 Å². The van der Waals surface area contributed by atoms with Crippen LogP contribution in [0.1, 0.15) is 0 Å². The van der Waals surface area contributed by atoms with Gasteiger partial charge in [-0.3, -0.25) is 51.7 Å². The van der Waals surface area contributed by atoms with Crippen molar-refractivity contribution in [1.29, 1.82) is 0 Å². The molecule has 0 bridgehead atoms. The monoisotopic (exact) mass is 412 g/mol. The molecule has 0 radical (unpaired) electrons. The molecule has 2 aromatic rings. The average Bonchev–Trinajstić information content (AvgIpc) is 2.24. The van der Waals surface area contributed by atoms with Gasteiger partial charge in [0.15, 0.2) is 0 Å². The Hall–Kier alpha value is -2.04. The van der Waals surface area contributed by atoms with Gasteiger partial charge in [0, 0.05) is 0 Å². The quantitative estimate of drug-likeness (QED) is 0.503. The summed E-state index contributed by atoms with van der Waals surface area (Å²) in [6, 6.07) is 24.0. The summed E-state index contributed by atoms with van der Waals surface area (Å²) >= 11 is 0. The standard InChI is InChI=1S/2C6H6.ClH.11FH/c2*1-2-4-6-5-3-1;;;;;;;;;;;;/h2*1-6H;12*1H. The minimum Gasteiger partial charge on any atom is -0.269 e. The Morgan fingerprint density at radius 3 is 0.250 bits per heavy atom. The lowest BCUT2D eigenvalue weighted by atomic mass is 10.4. The lowest BCUT2D eigenvalue weighted by Gasteiger charge is -1.69. The van der Waals surface area contributed by atoms with Crippen LogP contribution in [0.3, 0.4) is 0 Å². The van der Waals surface area contributed by atoms with Gasteiger partial charge in [-0.1, -0.05) is 72.8 Å². The minimum absolute atomic E-state index is 0. The van der Waals surface area contributed by atoms with E-state index < -0.39 is 0 Å². The lowest BCUT2D eigenvalue weighted by Crippen LogP contribution is -1.47. The molecule has 0 aliphatic rings. The van der Waals surface area contributed by atoms with Crippen LogP contribution in [0.5, 0.6) is 0 Å². The second-order valence-corrected chi connectivity index (χ2v) is 2.31. The number of rotatable bonds is 0. The summed E-state index contributed by atoms with van der Waals surface area (Å²) in [5.41, 5.74) is 0. The molecule has 0 nitrogen and oxygen atoms in total. The van der Waals surface area contributed by atoms with Gasteiger partial charge in [0.05, 0.1) is 0 Å². The highest BCUT2D eigenvalue weighted by atomic mass is 35.5. The Kier molecular flexibility index (Phi) is 341. The van der Waals surface area contributed by atoms with E-state index in [1.54, 1.807) is 0 Å². The summed E-state index contributed by atoms with van der Waals surface area (Å²) in [7, 11) is 0. The molecule has 2 aromatic carbocycles. The highest BCUT2D eigenvalue weighted by Gasteiger charge is 1.58. The van der Waals surface area contributed by atoms with E-state index in [9.17, 15) is 0 Å². The van der Waals surface area contributed by atoms with Crippen LogP contribution in [0.15, 0.2) is 72.8 Å². The van der Waals surface area contributed by atoms with Gasteiger partial charge in [0.25, 0.3) is 0 Å². The fourth-order valence-electron chi connectivity index (χ4n) is 0.770. The number of hydrogen-bond acceptors (Lipinski definition) is 0. The van der Waals surface area contributed by atoms with Gasteiger partial charge in [-0.15, -0.1) is 12.4 Å². The van der Waals surface area contributed by atoms with Crippen LogP contribution < -0.4 is 0 Å². The fraction of sp³-hybridized carbons (Fsp3) is 0. The molecule has 0 spiro atoms. The minimum atomic E-state index is 0. The summed E-state index contributed by atoms with van der Waals surface area (Å²) < 4.78 is 0. The fourth-order valence-corrected chi connectivity index (χ4v) is 0.770. The second-order valence-electron chi connectivity index (χ2n) is 2.31. The van der Waals surface area contributed by atoms with Gasteiger partial charge < -0.3 is 0 Å². The third-order valence-corrected chi connectivity index (χ3v) is 1.33. The van der Waals surface area contributed by atoms with Gasteiger partial charge in [-0.25, -0.2) is 0 Å². The second kappa shape index (κ2) is 84.2. The van der Waals surface area contributed by atoms with Gasteiger partial charge in [0.1, 0.15) is 0 Å². The third kappa shape index (κ3) is 72.3. The van der Waals surface area contributed by atoms with Crippen molar-refractivity contribution >= 4 is 12.4 Å². The van der Waals surface area contributed by atoms with E-state index in [4.69, 9.17) is 0 Å². The van der Waals surface area contributed by atoms with Crippen molar-refractivity contribution in [1.82, 2.24) is 0 Å². The normalized spacial score (nSPS) is 4.00. The molecule has 24 heavy (non-hydrogen) atoms. The first-order valence-corrected chi connectivity index (χ1v) is 4.00. The molecular formula is C12H24ClF11. The molecule has 0 aromatic heterocycles. The molecule has 0 N–H and O–H groups in total. The van der Waals surface area contributed by atoms with Gasteiger partial charge >= 0.3 is 0 Å². The Bertz CT molecular complexity index is 204. The van der Waals surface area contributed by atoms with E-state index in [1.807, 2.05) is 72.8 Å². The van der Waals surface area contributed by atoms with E-state index >= 15 is 0 Å². The third-order valence-electron chi connectivity index (χ3n) is 1.33. The molecular weight excluding hydrogens is 389 g/mol. The molecule has 0 unspecified atom stereocenters. The zero-order valence-electron chi connectivity index (χ0n) is 11.8. The maximum atomic E-state index is 2.00. The van der Waals surface area contributed by atoms with Crippen LogP contribution in [-0.2, 0) is 0 Å². The van der Waals surface area contributed by atoms with Crippen molar-refractivity contribution < 1.29 is 51.7 Å². The average molecular weight is 413 g/mol. The van der Waals surface area contributed by atoms with E-state index in [-0.39, 0.29) is 64.2 Å². The predicted octanol–water partition coefficient (Wildman–Crippen LogP) is 5.47. The van der Waals surface area contributed by atoms with Crippen LogP contribution in [-0.4, -0.2) is 0 Å². The molecule has 0 aliphatic heterocycles. The summed E-state index contributed by atoms with van der Waals surface area (Å²) in [4.78, 5) is 0. The Balaban J connectivity index is -0.00000000800. The zero-order valence-corrected chi connectivity index (χ0v) is 12.6. The van der Waals surface area contributed by atoms with Crippen LogP contribution in [0, 0.1) is 0 Å². The first-order chi connectivity index (χ1) is 6.00. The first kappa shape index (κ1) is 97.3. The molecule has 156 valence electrons. The van der Waals surface area contributed by atoms with Crippen LogP contribution >= 0.6 is 12.4 Å². The number of benzene rings is 2. The maximum Gasteiger partial charge on any atom is -0.0623 e. The van der Waals surface area contributed by atoms with Crippen molar-refractivity contribution in [2.75, 3.05) is 0 Å². The molecule has 12 heteroatoms. The largest absolute Gasteiger partial charge is 0.269 e. The molecule has 0 aliphatic carbocycles. The Morgan fingerprint density at radius 2 is 0.208 bits per heavy atom. The molecule has 0 atom stereocenters. The number of halogens is 12. The van der Waals surface area contributed by atoms with Crippen LogP contribution in [0.25, 0.3) is 0 Å². The van der Waals surface area contributed by atoms with Gasteiger partial charge in [-0.05, 0) is 0 Å². The highest BCUT2D eigenvalue weighted by Crippen LogP contribution is 1.80. The zero-order chi connectivity index (χ0) is 8.49. The van der Waals surface area contributed by atoms with Gasteiger partial charge in [0.2, 0.25) is 0 Å². The predicted molar refractivity (Wildman–Crippen MR) is 87.7 cm³/mol. The van der Waals surface area contributed by atoms with Crippen molar-refractivity contribution in [2.45, 2.75) is 0 Å². The van der Waals surface area contributed by atoms with Crippen LogP contribution in [0.4, 0.5) is 51.7 Å². The first-order valence-electron chi connectivity index (χ1n) is 4.00. The number of hydrogen-bond donors (Lipinski definition) is 0. The molecule has 2 rings (SSSR count). The smallest absolute Gasteiger partial charge is 0.0623 e. The molecule has 0 saturated heterocycles. The van der Waals surface area contributed by atoms with Crippen molar-refractivity contribution in [3.63, 3.8) is 0 Å². The molecule has 0 heterocycles. The molecule has 0 amide bonds. The topological polar surface area (TPSA) is 0 Å². The summed E-state index contributed by atoms with van der Waals surface area (Å²) in [6.45, 7) is 0. The molecule has 0 fully saturated rings. The van der Waals surface area contributed by atoms with E-state index in [1.165, 1.54) is 0 Å².